The zero-order valence-corrected chi connectivity index (χ0v) is 27.9. The Bertz CT molecular complexity index is 1490. The molecule has 1 N–H and O–H groups in total. The van der Waals surface area contributed by atoms with Gasteiger partial charge in [0.1, 0.15) is 6.04 Å². The number of hydrogen-bond donors (Lipinski definition) is 1. The highest BCUT2D eigenvalue weighted by Crippen LogP contribution is 2.29. The number of halogens is 2. The smallest absolute Gasteiger partial charge is 0.243 e. The number of amides is 2. The maximum Gasteiger partial charge on any atom is 0.243 e. The van der Waals surface area contributed by atoms with E-state index in [4.69, 9.17) is 11.6 Å². The molecular weight excluding hydrogens is 638 g/mol. The number of hydrogen-bond acceptors (Lipinski definition) is 4. The second kappa shape index (κ2) is 14.5. The molecule has 3 rings (SSSR count). The largest absolute Gasteiger partial charge is 0.350 e. The first-order chi connectivity index (χ1) is 19.7. The van der Waals surface area contributed by atoms with Gasteiger partial charge in [-0.15, -0.1) is 0 Å². The van der Waals surface area contributed by atoms with Crippen molar-refractivity contribution in [2.24, 2.45) is 0 Å². The molecule has 3 aromatic carbocycles. The number of anilines is 1. The minimum atomic E-state index is -3.64. The molecule has 0 unspecified atom stereocenters. The summed E-state index contributed by atoms with van der Waals surface area (Å²) in [5.74, 6) is -0.488. The second-order valence-corrected chi connectivity index (χ2v) is 14.6. The summed E-state index contributed by atoms with van der Waals surface area (Å²) in [6.45, 7) is 7.79. The van der Waals surface area contributed by atoms with Gasteiger partial charge in [-0.05, 0) is 75.1 Å². The summed E-state index contributed by atoms with van der Waals surface area (Å²) < 4.78 is 27.6. The van der Waals surface area contributed by atoms with Crippen LogP contribution in [0.15, 0.2) is 77.3 Å². The lowest BCUT2D eigenvalue weighted by atomic mass is 10.00. The van der Waals surface area contributed by atoms with Crippen LogP contribution in [0.2, 0.25) is 5.02 Å². The predicted octanol–water partition coefficient (Wildman–Crippen LogP) is 6.51. The Morgan fingerprint density at radius 3 is 2.24 bits per heavy atom. The topological polar surface area (TPSA) is 86.8 Å². The molecule has 0 bridgehead atoms. The van der Waals surface area contributed by atoms with Gasteiger partial charge in [-0.1, -0.05) is 76.1 Å². The fraction of sp³-hybridized carbons (Fsp3) is 0.375. The number of sulfonamides is 1. The minimum absolute atomic E-state index is 0.0493. The van der Waals surface area contributed by atoms with Gasteiger partial charge in [0.15, 0.2) is 0 Å². The first-order valence-corrected chi connectivity index (χ1v) is 16.8. The van der Waals surface area contributed by atoms with Gasteiger partial charge in [0.25, 0.3) is 0 Å². The van der Waals surface area contributed by atoms with E-state index in [1.54, 1.807) is 30.0 Å². The Morgan fingerprint density at radius 1 is 0.976 bits per heavy atom. The van der Waals surface area contributed by atoms with E-state index >= 15 is 0 Å². The average molecular weight is 677 g/mol. The monoisotopic (exact) mass is 675 g/mol. The normalized spacial score (nSPS) is 12.5. The molecule has 1 atom stereocenters. The number of benzene rings is 3. The summed E-state index contributed by atoms with van der Waals surface area (Å²) >= 11 is 9.78. The maximum atomic E-state index is 14.0. The van der Waals surface area contributed by atoms with Crippen molar-refractivity contribution in [3.05, 3.63) is 99.0 Å². The number of carbonyl (C=O) groups is 2. The van der Waals surface area contributed by atoms with Gasteiger partial charge >= 0.3 is 0 Å². The molecular formula is C32H39BrClN3O4S. The summed E-state index contributed by atoms with van der Waals surface area (Å²) in [6.07, 6.45) is 1.78. The van der Waals surface area contributed by atoms with E-state index in [0.717, 1.165) is 21.9 Å². The van der Waals surface area contributed by atoms with Gasteiger partial charge < -0.3 is 10.2 Å². The molecule has 0 saturated heterocycles. The Hall–Kier alpha value is -2.88. The second-order valence-electron chi connectivity index (χ2n) is 11.4. The molecule has 2 amide bonds. The van der Waals surface area contributed by atoms with Crippen molar-refractivity contribution < 1.29 is 18.0 Å². The highest BCUT2D eigenvalue weighted by Gasteiger charge is 2.32. The molecule has 0 aliphatic carbocycles. The Morgan fingerprint density at radius 2 is 1.62 bits per heavy atom. The third kappa shape index (κ3) is 9.85. The van der Waals surface area contributed by atoms with Gasteiger partial charge in [-0.25, -0.2) is 8.42 Å². The fourth-order valence-electron chi connectivity index (χ4n) is 4.69. The Labute approximate surface area is 263 Å². The number of nitrogens with one attached hydrogen (secondary N) is 1. The molecule has 0 radical (unpaired) electrons. The van der Waals surface area contributed by atoms with Crippen LogP contribution >= 0.6 is 27.5 Å². The molecule has 7 nitrogen and oxygen atoms in total. The van der Waals surface area contributed by atoms with E-state index in [9.17, 15) is 18.0 Å². The zero-order chi connectivity index (χ0) is 31.1. The molecule has 0 saturated carbocycles. The third-order valence-corrected chi connectivity index (χ3v) is 8.75. The SMILES string of the molecule is Cc1c(Cl)cccc1N(CCCC(=O)N(Cc1cccc(Br)c1)[C@H](Cc1ccccc1)C(=O)NC(C)(C)C)S(C)(=O)=O. The lowest BCUT2D eigenvalue weighted by molar-refractivity contribution is -0.142. The van der Waals surface area contributed by atoms with Crippen LogP contribution in [0.5, 0.6) is 0 Å². The van der Waals surface area contributed by atoms with Crippen LogP contribution in [0.3, 0.4) is 0 Å². The summed E-state index contributed by atoms with van der Waals surface area (Å²) in [5.41, 5.74) is 2.43. The van der Waals surface area contributed by atoms with Crippen molar-refractivity contribution in [3.8, 4) is 0 Å². The van der Waals surface area contributed by atoms with Crippen LogP contribution in [0.1, 0.15) is 50.3 Å². The summed E-state index contributed by atoms with van der Waals surface area (Å²) in [6, 6.07) is 21.6. The van der Waals surface area contributed by atoms with Crippen LogP contribution in [-0.4, -0.2) is 49.5 Å². The van der Waals surface area contributed by atoms with Crippen LogP contribution < -0.4 is 9.62 Å². The molecule has 0 fully saturated rings. The predicted molar refractivity (Wildman–Crippen MR) is 174 cm³/mol. The maximum absolute atomic E-state index is 14.0. The van der Waals surface area contributed by atoms with E-state index in [1.807, 2.05) is 75.4 Å². The zero-order valence-electron chi connectivity index (χ0n) is 24.7. The van der Waals surface area contributed by atoms with Gasteiger partial charge in [-0.2, -0.15) is 0 Å². The first kappa shape index (κ1) is 33.6. The quantitative estimate of drug-likeness (QED) is 0.237. The van der Waals surface area contributed by atoms with Crippen molar-refractivity contribution in [2.45, 2.75) is 65.1 Å². The van der Waals surface area contributed by atoms with Gasteiger partial charge in [0.05, 0.1) is 11.9 Å². The van der Waals surface area contributed by atoms with Crippen molar-refractivity contribution >= 4 is 55.1 Å². The lowest BCUT2D eigenvalue weighted by Gasteiger charge is -2.34. The minimum Gasteiger partial charge on any atom is -0.350 e. The van der Waals surface area contributed by atoms with Crippen LogP contribution in [0, 0.1) is 6.92 Å². The first-order valence-electron chi connectivity index (χ1n) is 13.8. The molecule has 0 heterocycles. The highest BCUT2D eigenvalue weighted by atomic mass is 79.9. The molecule has 0 aromatic heterocycles. The molecule has 0 aliphatic rings. The Balaban J connectivity index is 1.92. The third-order valence-electron chi connectivity index (χ3n) is 6.67. The molecule has 42 heavy (non-hydrogen) atoms. The van der Waals surface area contributed by atoms with Gasteiger partial charge in [-0.3, -0.25) is 13.9 Å². The highest BCUT2D eigenvalue weighted by molar-refractivity contribution is 9.10. The lowest BCUT2D eigenvalue weighted by Crippen LogP contribution is -2.54. The van der Waals surface area contributed by atoms with Crippen LogP contribution in [0.25, 0.3) is 0 Å². The Kier molecular flexibility index (Phi) is 11.6. The van der Waals surface area contributed by atoms with Crippen molar-refractivity contribution in [3.63, 3.8) is 0 Å². The molecule has 10 heteroatoms. The van der Waals surface area contributed by atoms with E-state index in [1.165, 1.54) is 4.31 Å². The molecule has 3 aromatic rings. The molecule has 226 valence electrons. The number of nitrogens with zero attached hydrogens (tertiary/aromatic N) is 2. The summed E-state index contributed by atoms with van der Waals surface area (Å²) in [7, 11) is -3.64. The van der Waals surface area contributed by atoms with Gasteiger partial charge in [0.2, 0.25) is 21.8 Å². The van der Waals surface area contributed by atoms with E-state index in [-0.39, 0.29) is 37.7 Å². The summed E-state index contributed by atoms with van der Waals surface area (Å²) in [5, 5.41) is 3.52. The van der Waals surface area contributed by atoms with Gasteiger partial charge in [0, 0.05) is 41.0 Å². The number of carbonyl (C=O) groups excluding carboxylic acids is 2. The van der Waals surface area contributed by atoms with Crippen LogP contribution in [-0.2, 0) is 32.6 Å². The van der Waals surface area contributed by atoms with E-state index < -0.39 is 21.6 Å². The summed E-state index contributed by atoms with van der Waals surface area (Å²) in [4.78, 5) is 29.3. The van der Waals surface area contributed by atoms with E-state index in [2.05, 4.69) is 21.2 Å². The number of rotatable bonds is 12. The van der Waals surface area contributed by atoms with Crippen LogP contribution in [0.4, 0.5) is 5.69 Å². The molecule has 0 spiro atoms. The fourth-order valence-corrected chi connectivity index (χ4v) is 6.32. The van der Waals surface area contributed by atoms with Crippen molar-refractivity contribution in [1.29, 1.82) is 0 Å². The van der Waals surface area contributed by atoms with Crippen molar-refractivity contribution in [2.75, 3.05) is 17.1 Å². The average Bonchev–Trinajstić information content (AvgIpc) is 2.89. The van der Waals surface area contributed by atoms with E-state index in [0.29, 0.717) is 22.7 Å². The molecule has 0 aliphatic heterocycles. The van der Waals surface area contributed by atoms with Crippen molar-refractivity contribution in [1.82, 2.24) is 10.2 Å². The standard InChI is InChI=1S/C32H39BrClN3O4S/c1-23-27(34)16-10-17-28(23)37(42(5,40)41)19-11-18-30(38)36(22-25-14-9-15-26(33)20-25)29(31(39)35-32(2,3)4)21-24-12-7-6-8-13-24/h6-10,12-17,20,29H,11,18-19,21-22H2,1-5H3,(H,35,39)/t29-/m1/s1.